The Morgan fingerprint density at radius 3 is 2.58 bits per heavy atom. The molecule has 2 heterocycles. The summed E-state index contributed by atoms with van der Waals surface area (Å²) >= 11 is 0. The predicted molar refractivity (Wildman–Crippen MR) is 92.2 cm³/mol. The molecule has 3 rings (SSSR count). The quantitative estimate of drug-likeness (QED) is 0.478. The van der Waals surface area contributed by atoms with E-state index in [4.69, 9.17) is 0 Å². The normalized spacial score (nSPS) is 22.2. The maximum Gasteiger partial charge on any atom is 0.269 e. The topological polar surface area (TPSA) is 122 Å². The van der Waals surface area contributed by atoms with E-state index in [1.54, 1.807) is 20.8 Å². The van der Waals surface area contributed by atoms with E-state index in [2.05, 4.69) is 10.6 Å². The molecule has 9 nitrogen and oxygen atoms in total. The van der Waals surface area contributed by atoms with Crippen LogP contribution in [0.15, 0.2) is 18.2 Å². The molecular formula is C17H20N4O5. The summed E-state index contributed by atoms with van der Waals surface area (Å²) in [5.41, 5.74) is -2.42. The van der Waals surface area contributed by atoms with Gasteiger partial charge in [-0.3, -0.25) is 24.5 Å². The molecule has 0 radical (unpaired) electrons. The third-order valence-corrected chi connectivity index (χ3v) is 4.48. The number of nitrogens with zero attached hydrogens (tertiary/aromatic N) is 2. The number of benzene rings is 1. The van der Waals surface area contributed by atoms with Crippen LogP contribution in [-0.2, 0) is 19.9 Å². The van der Waals surface area contributed by atoms with E-state index >= 15 is 0 Å². The number of carbonyl (C=O) groups excluding carboxylic acids is 3. The van der Waals surface area contributed by atoms with Crippen LogP contribution in [0.3, 0.4) is 0 Å². The Hall–Kier alpha value is -2.97. The maximum atomic E-state index is 13.2. The van der Waals surface area contributed by atoms with E-state index in [1.165, 1.54) is 23.1 Å². The van der Waals surface area contributed by atoms with Crippen LogP contribution in [0.2, 0.25) is 0 Å². The van der Waals surface area contributed by atoms with Crippen molar-refractivity contribution in [2.24, 2.45) is 0 Å². The third-order valence-electron chi connectivity index (χ3n) is 4.48. The highest BCUT2D eigenvalue weighted by atomic mass is 16.6. The molecule has 2 aliphatic rings. The number of nitro benzene ring substituents is 1. The highest BCUT2D eigenvalue weighted by molar-refractivity contribution is 6.22. The molecule has 1 atom stereocenters. The molecule has 0 aromatic heterocycles. The molecule has 1 saturated heterocycles. The molecule has 9 heteroatoms. The lowest BCUT2D eigenvalue weighted by Crippen LogP contribution is -2.63. The van der Waals surface area contributed by atoms with Gasteiger partial charge < -0.3 is 15.5 Å². The van der Waals surface area contributed by atoms with Crippen molar-refractivity contribution in [2.45, 2.75) is 44.7 Å². The minimum absolute atomic E-state index is 0.133. The molecule has 1 fully saturated rings. The van der Waals surface area contributed by atoms with Crippen LogP contribution < -0.4 is 10.6 Å². The molecule has 0 bridgehead atoms. The number of likely N-dealkylation sites (tertiary alicyclic amines) is 1. The number of carbonyl (C=O) groups is 3. The summed E-state index contributed by atoms with van der Waals surface area (Å²) in [7, 11) is 0. The van der Waals surface area contributed by atoms with Gasteiger partial charge in [0.15, 0.2) is 0 Å². The zero-order chi connectivity index (χ0) is 19.3. The van der Waals surface area contributed by atoms with Gasteiger partial charge in [-0.15, -0.1) is 0 Å². The molecular weight excluding hydrogens is 340 g/mol. The number of non-ortho nitro benzene ring substituents is 1. The highest BCUT2D eigenvalue weighted by Gasteiger charge is 2.60. The molecule has 0 saturated carbocycles. The van der Waals surface area contributed by atoms with Gasteiger partial charge in [0.05, 0.1) is 4.92 Å². The molecule has 1 aromatic carbocycles. The smallest absolute Gasteiger partial charge is 0.269 e. The summed E-state index contributed by atoms with van der Waals surface area (Å²) < 4.78 is 0. The summed E-state index contributed by atoms with van der Waals surface area (Å²) in [6.45, 7) is 5.49. The van der Waals surface area contributed by atoms with Crippen molar-refractivity contribution in [2.75, 3.05) is 11.9 Å². The first kappa shape index (κ1) is 17.8. The van der Waals surface area contributed by atoms with E-state index in [-0.39, 0.29) is 30.1 Å². The Balaban J connectivity index is 2.23. The monoisotopic (exact) mass is 360 g/mol. The number of rotatable bonds is 3. The molecule has 2 aliphatic heterocycles. The second kappa shape index (κ2) is 5.79. The second-order valence-corrected chi connectivity index (χ2v) is 7.50. The van der Waals surface area contributed by atoms with E-state index in [0.29, 0.717) is 12.1 Å². The maximum absolute atomic E-state index is 13.2. The molecule has 138 valence electrons. The first-order chi connectivity index (χ1) is 12.1. The van der Waals surface area contributed by atoms with Crippen molar-refractivity contribution in [3.63, 3.8) is 0 Å². The van der Waals surface area contributed by atoms with Gasteiger partial charge in [0.25, 0.3) is 17.5 Å². The molecule has 26 heavy (non-hydrogen) atoms. The van der Waals surface area contributed by atoms with Crippen molar-refractivity contribution >= 4 is 29.1 Å². The van der Waals surface area contributed by atoms with E-state index in [1.807, 2.05) is 0 Å². The van der Waals surface area contributed by atoms with E-state index in [9.17, 15) is 24.5 Å². The molecule has 1 unspecified atom stereocenters. The van der Waals surface area contributed by atoms with Crippen molar-refractivity contribution in [3.8, 4) is 0 Å². The van der Waals surface area contributed by atoms with Crippen molar-refractivity contribution in [1.82, 2.24) is 10.2 Å². The van der Waals surface area contributed by atoms with Crippen molar-refractivity contribution < 1.29 is 19.3 Å². The fourth-order valence-corrected chi connectivity index (χ4v) is 3.44. The summed E-state index contributed by atoms with van der Waals surface area (Å²) in [6.07, 6.45) is 0.739. The van der Waals surface area contributed by atoms with Gasteiger partial charge >= 0.3 is 0 Å². The van der Waals surface area contributed by atoms with Gasteiger partial charge in [0.1, 0.15) is 0 Å². The van der Waals surface area contributed by atoms with E-state index in [0.717, 1.165) is 0 Å². The first-order valence-electron chi connectivity index (χ1n) is 8.31. The van der Waals surface area contributed by atoms with Gasteiger partial charge in [-0.2, -0.15) is 0 Å². The van der Waals surface area contributed by atoms with Gasteiger partial charge in [-0.25, -0.2) is 0 Å². The summed E-state index contributed by atoms with van der Waals surface area (Å²) in [5, 5.41) is 16.6. The molecule has 1 aromatic rings. The largest absolute Gasteiger partial charge is 0.349 e. The van der Waals surface area contributed by atoms with Gasteiger partial charge in [-0.05, 0) is 33.3 Å². The molecule has 3 amide bonds. The number of hydrogen-bond acceptors (Lipinski definition) is 5. The van der Waals surface area contributed by atoms with Crippen LogP contribution in [0.5, 0.6) is 0 Å². The molecule has 0 spiro atoms. The Morgan fingerprint density at radius 2 is 2.04 bits per heavy atom. The van der Waals surface area contributed by atoms with Crippen molar-refractivity contribution in [1.29, 1.82) is 0 Å². The highest BCUT2D eigenvalue weighted by Crippen LogP contribution is 2.44. The fourth-order valence-electron chi connectivity index (χ4n) is 3.44. The van der Waals surface area contributed by atoms with Crippen LogP contribution in [0, 0.1) is 10.1 Å². The number of anilines is 1. The number of hydrogen-bond donors (Lipinski definition) is 2. The van der Waals surface area contributed by atoms with E-state index < -0.39 is 27.8 Å². The number of fused-ring (bicyclic) bond motifs is 1. The SMILES string of the molecule is CC(C)(C)NC(=O)C1(N2CCCC2=O)C(=O)Nc2ccc([N+](=O)[O-])cc21. The average Bonchev–Trinajstić information content (AvgIpc) is 3.05. The minimum Gasteiger partial charge on any atom is -0.349 e. The van der Waals surface area contributed by atoms with Gasteiger partial charge in [0, 0.05) is 41.9 Å². The summed E-state index contributed by atoms with van der Waals surface area (Å²) in [6, 6.07) is 3.84. The Bertz CT molecular complexity index is 829. The van der Waals surface area contributed by atoms with Gasteiger partial charge in [0.2, 0.25) is 11.4 Å². The number of nitrogens with one attached hydrogen (secondary N) is 2. The first-order valence-corrected chi connectivity index (χ1v) is 8.31. The number of amides is 3. The second-order valence-electron chi connectivity index (χ2n) is 7.50. The van der Waals surface area contributed by atoms with Crippen LogP contribution in [0.25, 0.3) is 0 Å². The standard InChI is InChI=1S/C17H20N4O5/c1-16(2,3)19-15(24)17(20-8-4-5-13(20)22)11-9-10(21(25)26)6-7-12(11)18-14(17)23/h6-7,9H,4-5,8H2,1-3H3,(H,18,23)(H,19,24). The lowest BCUT2D eigenvalue weighted by Gasteiger charge is -2.37. The average molecular weight is 360 g/mol. The lowest BCUT2D eigenvalue weighted by molar-refractivity contribution is -0.384. The van der Waals surface area contributed by atoms with Crippen LogP contribution in [-0.4, -0.2) is 39.6 Å². The third kappa shape index (κ3) is 2.59. The number of nitro groups is 1. The lowest BCUT2D eigenvalue weighted by atomic mass is 9.87. The Labute approximate surface area is 149 Å². The zero-order valence-corrected chi connectivity index (χ0v) is 14.8. The predicted octanol–water partition coefficient (Wildman–Crippen LogP) is 1.28. The molecule has 0 aliphatic carbocycles. The Morgan fingerprint density at radius 1 is 1.35 bits per heavy atom. The van der Waals surface area contributed by atoms with Crippen LogP contribution >= 0.6 is 0 Å². The summed E-state index contributed by atoms with van der Waals surface area (Å²) in [4.78, 5) is 50.5. The minimum atomic E-state index is -1.94. The zero-order valence-electron chi connectivity index (χ0n) is 14.8. The van der Waals surface area contributed by atoms with Crippen molar-refractivity contribution in [3.05, 3.63) is 33.9 Å². The van der Waals surface area contributed by atoms with Crippen LogP contribution in [0.1, 0.15) is 39.2 Å². The summed E-state index contributed by atoms with van der Waals surface area (Å²) in [5.74, 6) is -1.68. The fraction of sp³-hybridized carbons (Fsp3) is 0.471. The molecule has 2 N–H and O–H groups in total. The van der Waals surface area contributed by atoms with Gasteiger partial charge in [-0.1, -0.05) is 0 Å². The Kier molecular flexibility index (Phi) is 3.97. The van der Waals surface area contributed by atoms with Crippen LogP contribution in [0.4, 0.5) is 11.4 Å².